The summed E-state index contributed by atoms with van der Waals surface area (Å²) in [6.07, 6.45) is 1.60. The molecule has 0 bridgehead atoms. The number of amides is 2. The molecule has 0 saturated carbocycles. The topological polar surface area (TPSA) is 100 Å². The molecular formula is C25H21N3O5. The van der Waals surface area contributed by atoms with Crippen molar-refractivity contribution >= 4 is 23.7 Å². The van der Waals surface area contributed by atoms with Gasteiger partial charge < -0.3 is 14.6 Å². The predicted octanol–water partition coefficient (Wildman–Crippen LogP) is 3.38. The molecule has 0 radical (unpaired) electrons. The lowest BCUT2D eigenvalue weighted by Gasteiger charge is -2.19. The Morgan fingerprint density at radius 2 is 1.67 bits per heavy atom. The molecule has 4 rings (SSSR count). The van der Waals surface area contributed by atoms with Gasteiger partial charge in [-0.2, -0.15) is 5.01 Å². The lowest BCUT2D eigenvalue weighted by molar-refractivity contribution is -0.124. The van der Waals surface area contributed by atoms with Crippen molar-refractivity contribution in [2.45, 2.75) is 0 Å². The summed E-state index contributed by atoms with van der Waals surface area (Å²) in [7, 11) is 3.06. The first-order valence-electron chi connectivity index (χ1n) is 10.0. The van der Waals surface area contributed by atoms with Gasteiger partial charge in [-0.1, -0.05) is 48.5 Å². The molecule has 0 fully saturated rings. The van der Waals surface area contributed by atoms with Crippen LogP contribution in [0, 0.1) is 0 Å². The Morgan fingerprint density at radius 3 is 2.36 bits per heavy atom. The van der Waals surface area contributed by atoms with Crippen LogP contribution in [0.5, 0.6) is 17.2 Å². The van der Waals surface area contributed by atoms with Crippen molar-refractivity contribution in [3.05, 3.63) is 95.2 Å². The minimum atomic E-state index is -0.641. The maximum Gasteiger partial charge on any atom is 0.297 e. The molecule has 33 heavy (non-hydrogen) atoms. The highest BCUT2D eigenvalue weighted by atomic mass is 16.5. The Hall–Kier alpha value is -4.59. The Bertz CT molecular complexity index is 1270. The van der Waals surface area contributed by atoms with Gasteiger partial charge in [-0.15, -0.1) is 0 Å². The second-order valence-corrected chi connectivity index (χ2v) is 7.04. The van der Waals surface area contributed by atoms with Crippen LogP contribution in [0.25, 0.3) is 6.08 Å². The zero-order chi connectivity index (χ0) is 23.4. The van der Waals surface area contributed by atoms with Crippen LogP contribution in [-0.4, -0.2) is 42.0 Å². The number of hydrazine groups is 1. The first kappa shape index (κ1) is 21.6. The number of para-hydroxylation sites is 1. The fourth-order valence-electron chi connectivity index (χ4n) is 3.33. The minimum Gasteiger partial charge on any atom is -0.507 e. The number of aliphatic imine (C=N–C) groups is 1. The third kappa shape index (κ3) is 4.40. The van der Waals surface area contributed by atoms with Crippen LogP contribution in [-0.2, 0) is 4.79 Å². The molecule has 0 spiro atoms. The second-order valence-electron chi connectivity index (χ2n) is 7.04. The standard InChI is InChI=1S/C25H21N3O5/c1-32-21-13-12-16(15-22(21)33-2)14-19-25(31)28(23(26-19)17-8-4-3-5-9-17)27-24(30)18-10-6-7-11-20(18)29/h3-15,29H,1-2H3,(H,27,30)/b19-14+. The van der Waals surface area contributed by atoms with Crippen LogP contribution in [0.1, 0.15) is 21.5 Å². The fraction of sp³-hybridized carbons (Fsp3) is 0.0800. The van der Waals surface area contributed by atoms with Crippen LogP contribution in [0.4, 0.5) is 0 Å². The second kappa shape index (κ2) is 9.27. The molecule has 0 aliphatic carbocycles. The number of nitrogens with zero attached hydrogens (tertiary/aromatic N) is 2. The number of carbonyl (C=O) groups is 2. The Balaban J connectivity index is 1.71. The van der Waals surface area contributed by atoms with Gasteiger partial charge in [0, 0.05) is 5.56 Å². The number of methoxy groups -OCH3 is 2. The molecule has 3 aromatic carbocycles. The third-order valence-corrected chi connectivity index (χ3v) is 4.97. The smallest absolute Gasteiger partial charge is 0.297 e. The van der Waals surface area contributed by atoms with Crippen molar-refractivity contribution in [1.82, 2.24) is 10.4 Å². The number of phenols is 1. The molecular weight excluding hydrogens is 422 g/mol. The first-order chi connectivity index (χ1) is 16.0. The molecule has 0 saturated heterocycles. The van der Waals surface area contributed by atoms with Gasteiger partial charge in [0.05, 0.1) is 19.8 Å². The SMILES string of the molecule is COc1ccc(/C=C2/N=C(c3ccccc3)N(NC(=O)c3ccccc3O)C2=O)cc1OC. The monoisotopic (exact) mass is 443 g/mol. The van der Waals surface area contributed by atoms with Gasteiger partial charge in [0.1, 0.15) is 11.4 Å². The summed E-state index contributed by atoms with van der Waals surface area (Å²) < 4.78 is 10.6. The third-order valence-electron chi connectivity index (χ3n) is 4.97. The van der Waals surface area contributed by atoms with Crippen molar-refractivity contribution in [3.63, 3.8) is 0 Å². The van der Waals surface area contributed by atoms with E-state index >= 15 is 0 Å². The number of aromatic hydroxyl groups is 1. The highest BCUT2D eigenvalue weighted by Gasteiger charge is 2.33. The quantitative estimate of drug-likeness (QED) is 0.569. The lowest BCUT2D eigenvalue weighted by Crippen LogP contribution is -2.47. The molecule has 8 heteroatoms. The maximum absolute atomic E-state index is 13.2. The van der Waals surface area contributed by atoms with E-state index in [0.717, 1.165) is 5.01 Å². The molecule has 8 nitrogen and oxygen atoms in total. The van der Waals surface area contributed by atoms with Crippen molar-refractivity contribution in [2.24, 2.45) is 4.99 Å². The average molecular weight is 443 g/mol. The van der Waals surface area contributed by atoms with E-state index in [1.54, 1.807) is 60.7 Å². The van der Waals surface area contributed by atoms with E-state index in [4.69, 9.17) is 9.47 Å². The summed E-state index contributed by atoms with van der Waals surface area (Å²) in [5.41, 5.74) is 4.03. The summed E-state index contributed by atoms with van der Waals surface area (Å²) in [5.74, 6) is -0.0291. The normalized spacial score (nSPS) is 14.2. The van der Waals surface area contributed by atoms with Crippen molar-refractivity contribution < 1.29 is 24.2 Å². The molecule has 2 N–H and O–H groups in total. The number of amidine groups is 1. The first-order valence-corrected chi connectivity index (χ1v) is 10.0. The predicted molar refractivity (Wildman–Crippen MR) is 123 cm³/mol. The zero-order valence-electron chi connectivity index (χ0n) is 18.0. The molecule has 166 valence electrons. The number of rotatable bonds is 6. The molecule has 2 amide bonds. The van der Waals surface area contributed by atoms with Crippen LogP contribution in [0.15, 0.2) is 83.5 Å². The lowest BCUT2D eigenvalue weighted by atomic mass is 10.1. The van der Waals surface area contributed by atoms with Gasteiger partial charge >= 0.3 is 0 Å². The van der Waals surface area contributed by atoms with Gasteiger partial charge in [0.25, 0.3) is 11.8 Å². The number of hydrogen-bond donors (Lipinski definition) is 2. The molecule has 0 aromatic heterocycles. The largest absolute Gasteiger partial charge is 0.507 e. The number of hydrogen-bond acceptors (Lipinski definition) is 6. The molecule has 0 unspecified atom stereocenters. The zero-order valence-corrected chi connectivity index (χ0v) is 18.0. The summed E-state index contributed by atoms with van der Waals surface area (Å²) in [6.45, 7) is 0. The Morgan fingerprint density at radius 1 is 0.970 bits per heavy atom. The van der Waals surface area contributed by atoms with Crippen molar-refractivity contribution in [3.8, 4) is 17.2 Å². The Labute approximate surface area is 190 Å². The van der Waals surface area contributed by atoms with E-state index in [-0.39, 0.29) is 22.8 Å². The molecule has 0 atom stereocenters. The van der Waals surface area contributed by atoms with E-state index in [9.17, 15) is 14.7 Å². The molecule has 1 aliphatic heterocycles. The van der Waals surface area contributed by atoms with Crippen LogP contribution >= 0.6 is 0 Å². The molecule has 1 aliphatic rings. The number of nitrogens with one attached hydrogen (secondary N) is 1. The van der Waals surface area contributed by atoms with Crippen molar-refractivity contribution in [2.75, 3.05) is 14.2 Å². The van der Waals surface area contributed by atoms with Gasteiger partial charge in [-0.05, 0) is 35.9 Å². The number of ether oxygens (including phenoxy) is 2. The molecule has 1 heterocycles. The van der Waals surface area contributed by atoms with E-state index in [2.05, 4.69) is 10.4 Å². The van der Waals surface area contributed by atoms with Crippen LogP contribution < -0.4 is 14.9 Å². The van der Waals surface area contributed by atoms with E-state index in [1.165, 1.54) is 26.4 Å². The van der Waals surface area contributed by atoms with Gasteiger partial charge in [0.15, 0.2) is 17.3 Å². The van der Waals surface area contributed by atoms with Crippen LogP contribution in [0.3, 0.4) is 0 Å². The summed E-state index contributed by atoms with van der Waals surface area (Å²) in [5, 5.41) is 11.1. The van der Waals surface area contributed by atoms with Crippen LogP contribution in [0.2, 0.25) is 0 Å². The van der Waals surface area contributed by atoms with E-state index < -0.39 is 11.8 Å². The fourth-order valence-corrected chi connectivity index (χ4v) is 3.33. The highest BCUT2D eigenvalue weighted by Crippen LogP contribution is 2.29. The summed E-state index contributed by atoms with van der Waals surface area (Å²) in [6, 6.07) is 20.3. The van der Waals surface area contributed by atoms with Crippen molar-refractivity contribution in [1.29, 1.82) is 0 Å². The number of phenolic OH excluding ortho intramolecular Hbond substituents is 1. The van der Waals surface area contributed by atoms with Gasteiger partial charge in [-0.3, -0.25) is 15.0 Å². The number of benzene rings is 3. The highest BCUT2D eigenvalue weighted by molar-refractivity contribution is 6.20. The summed E-state index contributed by atoms with van der Waals surface area (Å²) in [4.78, 5) is 30.5. The maximum atomic E-state index is 13.2. The molecule has 3 aromatic rings. The average Bonchev–Trinajstić information content (AvgIpc) is 3.14. The van der Waals surface area contributed by atoms with Gasteiger partial charge in [0.2, 0.25) is 0 Å². The summed E-state index contributed by atoms with van der Waals surface area (Å²) >= 11 is 0. The Kier molecular flexibility index (Phi) is 6.08. The number of carbonyl (C=O) groups excluding carboxylic acids is 2. The van der Waals surface area contributed by atoms with Gasteiger partial charge in [-0.25, -0.2) is 4.99 Å². The van der Waals surface area contributed by atoms with E-state index in [1.807, 2.05) is 6.07 Å². The minimum absolute atomic E-state index is 0.0371. The van der Waals surface area contributed by atoms with E-state index in [0.29, 0.717) is 22.6 Å².